The molecule has 2 atom stereocenters. The van der Waals surface area contributed by atoms with Gasteiger partial charge in [-0.25, -0.2) is 0 Å². The molecule has 2 bridgehead atoms. The highest BCUT2D eigenvalue weighted by Crippen LogP contribution is 2.33. The van der Waals surface area contributed by atoms with E-state index < -0.39 is 0 Å². The lowest BCUT2D eigenvalue weighted by Gasteiger charge is -2.28. The van der Waals surface area contributed by atoms with Gasteiger partial charge in [-0.15, -0.1) is 22.6 Å². The summed E-state index contributed by atoms with van der Waals surface area (Å²) in [4.78, 5) is 12.6. The molecule has 29 heavy (non-hydrogen) atoms. The number of piperidine rings is 1. The van der Waals surface area contributed by atoms with Gasteiger partial charge in [0.15, 0.2) is 5.82 Å². The van der Waals surface area contributed by atoms with Crippen molar-refractivity contribution >= 4 is 24.0 Å². The lowest BCUT2D eigenvalue weighted by Crippen LogP contribution is -2.39. The monoisotopic (exact) mass is 415 g/mol. The van der Waals surface area contributed by atoms with Crippen molar-refractivity contribution in [3.63, 3.8) is 0 Å². The van der Waals surface area contributed by atoms with E-state index in [1.807, 2.05) is 18.2 Å². The van der Waals surface area contributed by atoms with Crippen LogP contribution in [0.2, 0.25) is 0 Å². The summed E-state index contributed by atoms with van der Waals surface area (Å²) in [6.45, 7) is 0.978. The topological polar surface area (TPSA) is 71.8 Å². The van der Waals surface area contributed by atoms with Gasteiger partial charge in [0.1, 0.15) is 5.82 Å². The number of carbonyl (C=O) groups excluding carboxylic acids is 1. The molecule has 2 aromatic rings. The first-order chi connectivity index (χ1) is 13.7. The quantitative estimate of drug-likeness (QED) is 0.792. The summed E-state index contributed by atoms with van der Waals surface area (Å²) in [7, 11) is 0. The van der Waals surface area contributed by atoms with Gasteiger partial charge in [-0.2, -0.15) is 0 Å². The Morgan fingerprint density at radius 2 is 1.97 bits per heavy atom. The van der Waals surface area contributed by atoms with E-state index in [0.717, 1.165) is 48.7 Å². The zero-order chi connectivity index (χ0) is 18.9. The third-order valence-electron chi connectivity index (χ3n) is 6.56. The molecule has 5 rings (SSSR count). The maximum atomic E-state index is 12.6. The van der Waals surface area contributed by atoms with Crippen LogP contribution in [0.3, 0.4) is 0 Å². The third kappa shape index (κ3) is 4.48. The number of amides is 1. The molecule has 156 valence electrons. The van der Waals surface area contributed by atoms with E-state index >= 15 is 0 Å². The first-order valence-electron chi connectivity index (χ1n) is 10.8. The highest BCUT2D eigenvalue weighted by molar-refractivity contribution is 5.91. The van der Waals surface area contributed by atoms with Gasteiger partial charge >= 0.3 is 0 Å². The largest absolute Gasteiger partial charge is 0.326 e. The Kier molecular flexibility index (Phi) is 6.20. The van der Waals surface area contributed by atoms with Crippen molar-refractivity contribution in [2.45, 2.75) is 76.4 Å². The van der Waals surface area contributed by atoms with Crippen molar-refractivity contribution in [1.29, 1.82) is 0 Å². The number of carbonyl (C=O) groups is 1. The van der Waals surface area contributed by atoms with Crippen molar-refractivity contribution in [3.05, 3.63) is 30.1 Å². The van der Waals surface area contributed by atoms with Crippen LogP contribution in [0.1, 0.15) is 57.2 Å². The zero-order valence-electron chi connectivity index (χ0n) is 16.8. The molecule has 1 aromatic heterocycles. The second-order valence-corrected chi connectivity index (χ2v) is 8.71. The summed E-state index contributed by atoms with van der Waals surface area (Å²) in [5.74, 6) is 2.64. The fourth-order valence-electron chi connectivity index (χ4n) is 5.25. The molecule has 7 heteroatoms. The molecule has 2 fully saturated rings. The maximum Gasteiger partial charge on any atom is 0.224 e. The van der Waals surface area contributed by atoms with Crippen molar-refractivity contribution in [2.75, 3.05) is 5.32 Å². The maximum absolute atomic E-state index is 12.6. The van der Waals surface area contributed by atoms with Gasteiger partial charge < -0.3 is 15.2 Å². The van der Waals surface area contributed by atoms with E-state index in [9.17, 15) is 4.79 Å². The van der Waals surface area contributed by atoms with Crippen LogP contribution >= 0.6 is 12.4 Å². The third-order valence-corrected chi connectivity index (χ3v) is 6.56. The fraction of sp³-hybridized carbons (Fsp3) is 0.591. The molecule has 2 unspecified atom stereocenters. The molecule has 4 heterocycles. The molecule has 3 aliphatic rings. The number of nitrogens with one attached hydrogen (secondary N) is 2. The number of rotatable bonds is 4. The Hall–Kier alpha value is -1.92. The van der Waals surface area contributed by atoms with Gasteiger partial charge in [-0.3, -0.25) is 4.79 Å². The number of nitrogens with zero attached hydrogens (tertiary/aromatic N) is 3. The number of aryl methyl sites for hydroxylation is 1. The Balaban J connectivity index is 0.00000205. The molecule has 1 aromatic carbocycles. The first kappa shape index (κ1) is 20.4. The van der Waals surface area contributed by atoms with Crippen LogP contribution in [0.25, 0.3) is 11.4 Å². The van der Waals surface area contributed by atoms with E-state index in [-0.39, 0.29) is 18.3 Å². The molecule has 1 amide bonds. The molecule has 6 nitrogen and oxygen atoms in total. The predicted molar refractivity (Wildman–Crippen MR) is 116 cm³/mol. The Bertz CT molecular complexity index is 855. The van der Waals surface area contributed by atoms with Crippen LogP contribution in [0.5, 0.6) is 0 Å². The molecule has 0 radical (unpaired) electrons. The summed E-state index contributed by atoms with van der Waals surface area (Å²) < 4.78 is 2.25. The number of anilines is 1. The normalized spacial score (nSPS) is 25.6. The second kappa shape index (κ2) is 8.84. The summed E-state index contributed by atoms with van der Waals surface area (Å²) >= 11 is 0. The Labute approximate surface area is 178 Å². The number of fused-ring (bicyclic) bond motifs is 3. The Morgan fingerprint density at radius 1 is 1.14 bits per heavy atom. The smallest absolute Gasteiger partial charge is 0.224 e. The van der Waals surface area contributed by atoms with Gasteiger partial charge in [0, 0.05) is 42.7 Å². The van der Waals surface area contributed by atoms with E-state index in [4.69, 9.17) is 0 Å². The summed E-state index contributed by atoms with van der Waals surface area (Å²) in [6, 6.07) is 9.31. The summed E-state index contributed by atoms with van der Waals surface area (Å²) in [5, 5.41) is 15.6. The second-order valence-electron chi connectivity index (χ2n) is 8.71. The number of benzene rings is 1. The van der Waals surface area contributed by atoms with Crippen LogP contribution in [0.15, 0.2) is 24.3 Å². The molecule has 3 aliphatic heterocycles. The minimum atomic E-state index is 0. The van der Waals surface area contributed by atoms with E-state index in [1.165, 1.54) is 32.1 Å². The molecule has 2 saturated heterocycles. The van der Waals surface area contributed by atoms with Crippen molar-refractivity contribution in [1.82, 2.24) is 20.1 Å². The SMILES string of the molecule is Cl.O=C(CC1CC2CCC(C1)N2)Nc1cccc(-c2nnc3n2CCCCC3)c1. The molecular weight excluding hydrogens is 386 g/mol. The van der Waals surface area contributed by atoms with Gasteiger partial charge in [0.05, 0.1) is 0 Å². The van der Waals surface area contributed by atoms with Crippen LogP contribution in [-0.2, 0) is 17.8 Å². The average Bonchev–Trinajstić information content (AvgIpc) is 3.15. The summed E-state index contributed by atoms with van der Waals surface area (Å²) in [6.07, 6.45) is 10.0. The van der Waals surface area contributed by atoms with E-state index in [0.29, 0.717) is 24.4 Å². The minimum Gasteiger partial charge on any atom is -0.326 e. The number of aromatic nitrogens is 3. The number of halogens is 1. The molecule has 0 spiro atoms. The number of hydrogen-bond acceptors (Lipinski definition) is 4. The van der Waals surface area contributed by atoms with Crippen LogP contribution in [-0.4, -0.2) is 32.8 Å². The first-order valence-corrected chi connectivity index (χ1v) is 10.8. The highest BCUT2D eigenvalue weighted by Gasteiger charge is 2.34. The lowest BCUT2D eigenvalue weighted by molar-refractivity contribution is -0.117. The summed E-state index contributed by atoms with van der Waals surface area (Å²) in [5.41, 5.74) is 1.88. The Morgan fingerprint density at radius 3 is 2.79 bits per heavy atom. The zero-order valence-corrected chi connectivity index (χ0v) is 17.6. The molecule has 2 N–H and O–H groups in total. The van der Waals surface area contributed by atoms with E-state index in [1.54, 1.807) is 0 Å². The van der Waals surface area contributed by atoms with Crippen molar-refractivity contribution < 1.29 is 4.79 Å². The fourth-order valence-corrected chi connectivity index (χ4v) is 5.25. The van der Waals surface area contributed by atoms with Gasteiger partial charge in [-0.1, -0.05) is 18.6 Å². The molecule has 0 aliphatic carbocycles. The van der Waals surface area contributed by atoms with Crippen LogP contribution in [0.4, 0.5) is 5.69 Å². The minimum absolute atomic E-state index is 0. The van der Waals surface area contributed by atoms with E-state index in [2.05, 4.69) is 31.5 Å². The van der Waals surface area contributed by atoms with Crippen LogP contribution in [0, 0.1) is 5.92 Å². The number of hydrogen-bond donors (Lipinski definition) is 2. The predicted octanol–water partition coefficient (Wildman–Crippen LogP) is 3.95. The van der Waals surface area contributed by atoms with Crippen molar-refractivity contribution in [3.8, 4) is 11.4 Å². The molecular formula is C22H30ClN5O. The van der Waals surface area contributed by atoms with Crippen molar-refractivity contribution in [2.24, 2.45) is 5.92 Å². The average molecular weight is 416 g/mol. The van der Waals surface area contributed by atoms with Gasteiger partial charge in [-0.05, 0) is 56.6 Å². The standard InChI is InChI=1S/C22H29N5O.ClH/c28-21(13-15-11-18-8-9-19(12-15)23-18)24-17-6-4-5-16(14-17)22-26-25-20-7-2-1-3-10-27(20)22;/h4-6,14-15,18-19,23H,1-3,7-13H2,(H,24,28);1H. The van der Waals surface area contributed by atoms with Gasteiger partial charge in [0.2, 0.25) is 5.91 Å². The molecule has 0 saturated carbocycles. The lowest BCUT2D eigenvalue weighted by atomic mass is 9.89. The van der Waals surface area contributed by atoms with Crippen LogP contribution < -0.4 is 10.6 Å². The van der Waals surface area contributed by atoms with Gasteiger partial charge in [0.25, 0.3) is 0 Å². The highest BCUT2D eigenvalue weighted by atomic mass is 35.5.